The Kier molecular flexibility index (Phi) is 4.85. The summed E-state index contributed by atoms with van der Waals surface area (Å²) in [5.74, 6) is 0. The van der Waals surface area contributed by atoms with Crippen LogP contribution in [0.2, 0.25) is 0 Å². The maximum Gasteiger partial charge on any atom is 0.0843 e. The molecule has 2 unspecified atom stereocenters. The molecule has 2 rings (SSSR count). The lowest BCUT2D eigenvalue weighted by atomic mass is 10.1. The van der Waals surface area contributed by atoms with Crippen molar-refractivity contribution in [3.8, 4) is 0 Å². The van der Waals surface area contributed by atoms with Crippen molar-refractivity contribution in [2.45, 2.75) is 31.9 Å². The molecule has 5 heteroatoms. The number of hydrogen-bond donors (Lipinski definition) is 1. The Morgan fingerprint density at radius 2 is 2.44 bits per heavy atom. The molecular formula is C11H15Br2NOS. The molecule has 0 saturated carbocycles. The second-order valence-corrected chi connectivity index (χ2v) is 7.11. The van der Waals surface area contributed by atoms with Gasteiger partial charge in [-0.25, -0.2) is 0 Å². The molecule has 2 nitrogen and oxygen atoms in total. The minimum absolute atomic E-state index is 0.331. The maximum atomic E-state index is 5.78. The average Bonchev–Trinajstić information content (AvgIpc) is 2.86. The van der Waals surface area contributed by atoms with Gasteiger partial charge in [0.2, 0.25) is 0 Å². The SMILES string of the molecule is CCNC(c1cc(Br)c(Br)s1)C1CCCO1. The van der Waals surface area contributed by atoms with Gasteiger partial charge in [0.15, 0.2) is 0 Å². The fourth-order valence-corrected chi connectivity index (χ4v) is 4.24. The van der Waals surface area contributed by atoms with Crippen LogP contribution in [-0.2, 0) is 4.74 Å². The van der Waals surface area contributed by atoms with E-state index in [-0.39, 0.29) is 0 Å². The lowest BCUT2D eigenvalue weighted by Crippen LogP contribution is -2.30. The third kappa shape index (κ3) is 2.88. The molecule has 0 spiro atoms. The Bertz CT molecular complexity index is 330. The summed E-state index contributed by atoms with van der Waals surface area (Å²) >= 11 is 8.86. The fraction of sp³-hybridized carbons (Fsp3) is 0.636. The first-order valence-electron chi connectivity index (χ1n) is 5.52. The topological polar surface area (TPSA) is 21.3 Å². The van der Waals surface area contributed by atoms with Crippen LogP contribution in [0.25, 0.3) is 0 Å². The Labute approximate surface area is 117 Å². The molecular weight excluding hydrogens is 354 g/mol. The van der Waals surface area contributed by atoms with Gasteiger partial charge in [-0.05, 0) is 57.3 Å². The second-order valence-electron chi connectivity index (χ2n) is 3.86. The molecule has 1 saturated heterocycles. The van der Waals surface area contributed by atoms with Gasteiger partial charge in [-0.1, -0.05) is 6.92 Å². The zero-order valence-electron chi connectivity index (χ0n) is 9.13. The normalized spacial score (nSPS) is 22.6. The van der Waals surface area contributed by atoms with Crippen LogP contribution in [0.4, 0.5) is 0 Å². The molecule has 0 bridgehead atoms. The van der Waals surface area contributed by atoms with E-state index >= 15 is 0 Å². The van der Waals surface area contributed by atoms with Crippen molar-refractivity contribution in [1.29, 1.82) is 0 Å². The van der Waals surface area contributed by atoms with Crippen LogP contribution in [0.15, 0.2) is 14.3 Å². The van der Waals surface area contributed by atoms with Crippen LogP contribution < -0.4 is 5.32 Å². The highest BCUT2D eigenvalue weighted by molar-refractivity contribution is 9.13. The lowest BCUT2D eigenvalue weighted by Gasteiger charge is -2.22. The Hall–Kier alpha value is 0.580. The average molecular weight is 369 g/mol. The monoisotopic (exact) mass is 367 g/mol. The van der Waals surface area contributed by atoms with Gasteiger partial charge in [-0.3, -0.25) is 0 Å². The summed E-state index contributed by atoms with van der Waals surface area (Å²) in [5, 5.41) is 3.53. The second kappa shape index (κ2) is 5.96. The number of rotatable bonds is 4. The number of nitrogens with one attached hydrogen (secondary N) is 1. The molecule has 1 aromatic rings. The van der Waals surface area contributed by atoms with Crippen molar-refractivity contribution in [3.63, 3.8) is 0 Å². The first-order valence-corrected chi connectivity index (χ1v) is 7.92. The molecule has 2 heterocycles. The molecule has 1 aromatic heterocycles. The molecule has 16 heavy (non-hydrogen) atoms. The molecule has 0 aliphatic carbocycles. The maximum absolute atomic E-state index is 5.78. The van der Waals surface area contributed by atoms with Gasteiger partial charge < -0.3 is 10.1 Å². The van der Waals surface area contributed by atoms with Gasteiger partial charge in [0.1, 0.15) is 0 Å². The third-order valence-corrected chi connectivity index (χ3v) is 6.07. The minimum Gasteiger partial charge on any atom is -0.376 e. The summed E-state index contributed by atoms with van der Waals surface area (Å²) in [7, 11) is 0. The molecule has 2 atom stereocenters. The van der Waals surface area contributed by atoms with Gasteiger partial charge in [0.05, 0.1) is 15.9 Å². The number of halogens is 2. The van der Waals surface area contributed by atoms with E-state index in [0.717, 1.165) is 27.8 Å². The number of hydrogen-bond acceptors (Lipinski definition) is 3. The van der Waals surface area contributed by atoms with Crippen molar-refractivity contribution in [3.05, 3.63) is 19.2 Å². The van der Waals surface area contributed by atoms with E-state index in [9.17, 15) is 0 Å². The highest BCUT2D eigenvalue weighted by Gasteiger charge is 2.28. The van der Waals surface area contributed by atoms with Crippen LogP contribution in [0, 0.1) is 0 Å². The summed E-state index contributed by atoms with van der Waals surface area (Å²) in [4.78, 5) is 1.34. The Morgan fingerprint density at radius 1 is 1.62 bits per heavy atom. The summed E-state index contributed by atoms with van der Waals surface area (Å²) in [5.41, 5.74) is 0. The quantitative estimate of drug-likeness (QED) is 0.863. The van der Waals surface area contributed by atoms with Gasteiger partial charge in [0, 0.05) is 16.0 Å². The third-order valence-electron chi connectivity index (χ3n) is 2.73. The standard InChI is InChI=1S/C11H15Br2NOS/c1-2-14-10(8-4-3-5-15-8)9-6-7(12)11(13)16-9/h6,8,10,14H,2-5H2,1H3. The van der Waals surface area contributed by atoms with Crippen molar-refractivity contribution in [2.75, 3.05) is 13.2 Å². The number of thiophene rings is 1. The van der Waals surface area contributed by atoms with Gasteiger partial charge in [-0.15, -0.1) is 11.3 Å². The van der Waals surface area contributed by atoms with Crippen molar-refractivity contribution < 1.29 is 4.74 Å². The van der Waals surface area contributed by atoms with Crippen LogP contribution >= 0.6 is 43.2 Å². The van der Waals surface area contributed by atoms with E-state index in [1.807, 2.05) is 0 Å². The lowest BCUT2D eigenvalue weighted by molar-refractivity contribution is 0.0798. The Morgan fingerprint density at radius 3 is 2.94 bits per heavy atom. The summed E-state index contributed by atoms with van der Waals surface area (Å²) < 4.78 is 8.07. The first kappa shape index (κ1) is 13.0. The van der Waals surface area contributed by atoms with Gasteiger partial charge >= 0.3 is 0 Å². The zero-order chi connectivity index (χ0) is 11.5. The number of ether oxygens (including phenoxy) is 1. The smallest absolute Gasteiger partial charge is 0.0843 e. The molecule has 0 aromatic carbocycles. The van der Waals surface area contributed by atoms with E-state index in [1.165, 1.54) is 11.3 Å². The van der Waals surface area contributed by atoms with Crippen molar-refractivity contribution >= 4 is 43.2 Å². The van der Waals surface area contributed by atoms with Crippen LogP contribution in [0.5, 0.6) is 0 Å². The van der Waals surface area contributed by atoms with E-state index in [1.54, 1.807) is 11.3 Å². The fourth-order valence-electron chi connectivity index (χ4n) is 2.02. The van der Waals surface area contributed by atoms with Crippen molar-refractivity contribution in [2.24, 2.45) is 0 Å². The Balaban J connectivity index is 2.17. The molecule has 0 amide bonds. The first-order chi connectivity index (χ1) is 7.72. The van der Waals surface area contributed by atoms with E-state index in [4.69, 9.17) is 4.74 Å². The van der Waals surface area contributed by atoms with E-state index < -0.39 is 0 Å². The molecule has 90 valence electrons. The van der Waals surface area contributed by atoms with Crippen LogP contribution in [0.1, 0.15) is 30.7 Å². The summed E-state index contributed by atoms with van der Waals surface area (Å²) in [6.07, 6.45) is 2.67. The zero-order valence-corrected chi connectivity index (χ0v) is 13.1. The van der Waals surface area contributed by atoms with Gasteiger partial charge in [0.25, 0.3) is 0 Å². The largest absolute Gasteiger partial charge is 0.376 e. The van der Waals surface area contributed by atoms with Crippen LogP contribution in [0.3, 0.4) is 0 Å². The highest BCUT2D eigenvalue weighted by Crippen LogP contribution is 2.38. The minimum atomic E-state index is 0.331. The van der Waals surface area contributed by atoms with Crippen LogP contribution in [-0.4, -0.2) is 19.3 Å². The molecule has 0 radical (unpaired) electrons. The van der Waals surface area contributed by atoms with Crippen molar-refractivity contribution in [1.82, 2.24) is 5.32 Å². The molecule has 1 aliphatic heterocycles. The van der Waals surface area contributed by atoms with E-state index in [0.29, 0.717) is 12.1 Å². The summed E-state index contributed by atoms with van der Waals surface area (Å²) in [6, 6.07) is 2.52. The molecule has 1 aliphatic rings. The predicted octanol–water partition coefficient (Wildman–Crippen LogP) is 4.10. The van der Waals surface area contributed by atoms with Gasteiger partial charge in [-0.2, -0.15) is 0 Å². The summed E-state index contributed by atoms with van der Waals surface area (Å²) in [6.45, 7) is 4.01. The van der Waals surface area contributed by atoms with E-state index in [2.05, 4.69) is 50.2 Å². The predicted molar refractivity (Wildman–Crippen MR) is 75.1 cm³/mol. The highest BCUT2D eigenvalue weighted by atomic mass is 79.9. The molecule has 1 fully saturated rings. The number of likely N-dealkylation sites (N-methyl/N-ethyl adjacent to an activating group) is 1. The molecule has 1 N–H and O–H groups in total.